The molecule has 0 saturated carbocycles. The quantitative estimate of drug-likeness (QED) is 0.529. The normalized spacial score (nSPS) is 12.0. The lowest BCUT2D eigenvalue weighted by Crippen LogP contribution is -2.03. The van der Waals surface area contributed by atoms with Gasteiger partial charge in [0, 0.05) is 0 Å². The second-order valence-electron chi connectivity index (χ2n) is 4.00. The van der Waals surface area contributed by atoms with Crippen LogP contribution in [0.15, 0.2) is 48.5 Å². The van der Waals surface area contributed by atoms with Crippen molar-refractivity contribution in [3.05, 3.63) is 71.0 Å². The molecule has 0 aliphatic carbocycles. The Bertz CT molecular complexity index is 563. The maximum Gasteiger partial charge on any atom is 0.416 e. The predicted molar refractivity (Wildman–Crippen MR) is 66.8 cm³/mol. The number of hydrogen-bond acceptors (Lipinski definition) is 0. The second-order valence-corrected chi connectivity index (χ2v) is 4.00. The van der Waals surface area contributed by atoms with Gasteiger partial charge in [-0.05, 0) is 35.4 Å². The van der Waals surface area contributed by atoms with Crippen molar-refractivity contribution < 1.29 is 17.6 Å². The molecular formula is C15H10F4. The van der Waals surface area contributed by atoms with Crippen molar-refractivity contribution in [2.45, 2.75) is 6.18 Å². The highest BCUT2D eigenvalue weighted by Crippen LogP contribution is 2.29. The molecule has 4 heteroatoms. The molecule has 0 heterocycles. The fourth-order valence-electron chi connectivity index (χ4n) is 1.55. The molecule has 0 aromatic heterocycles. The first-order valence-corrected chi connectivity index (χ1v) is 5.56. The summed E-state index contributed by atoms with van der Waals surface area (Å²) in [5.41, 5.74) is 0.755. The summed E-state index contributed by atoms with van der Waals surface area (Å²) in [5, 5.41) is 0. The van der Waals surface area contributed by atoms with Crippen LogP contribution in [0.25, 0.3) is 12.2 Å². The minimum atomic E-state index is -4.32. The van der Waals surface area contributed by atoms with E-state index in [1.54, 1.807) is 24.3 Å². The molecule has 0 atom stereocenters. The molecule has 0 amide bonds. The van der Waals surface area contributed by atoms with Gasteiger partial charge in [0.2, 0.25) is 0 Å². The zero-order valence-corrected chi connectivity index (χ0v) is 9.79. The van der Waals surface area contributed by atoms with Crippen LogP contribution in [0.3, 0.4) is 0 Å². The van der Waals surface area contributed by atoms with Crippen LogP contribution in [-0.2, 0) is 6.18 Å². The summed E-state index contributed by atoms with van der Waals surface area (Å²) in [7, 11) is 0. The maximum absolute atomic E-state index is 12.7. The highest BCUT2D eigenvalue weighted by molar-refractivity contribution is 5.69. The van der Waals surface area contributed by atoms with Gasteiger partial charge in [-0.2, -0.15) is 13.2 Å². The molecular weight excluding hydrogens is 256 g/mol. The van der Waals surface area contributed by atoms with Crippen LogP contribution in [0.2, 0.25) is 0 Å². The van der Waals surface area contributed by atoms with Crippen molar-refractivity contribution in [3.8, 4) is 0 Å². The zero-order valence-electron chi connectivity index (χ0n) is 9.79. The summed E-state index contributed by atoms with van der Waals surface area (Å²) in [6.45, 7) is 0. The molecule has 0 N–H and O–H groups in total. The zero-order chi connectivity index (χ0) is 13.9. The third kappa shape index (κ3) is 3.68. The van der Waals surface area contributed by atoms with E-state index in [4.69, 9.17) is 0 Å². The Labute approximate surface area is 108 Å². The Morgan fingerprint density at radius 2 is 1.11 bits per heavy atom. The molecule has 2 rings (SSSR count). The largest absolute Gasteiger partial charge is 0.416 e. The van der Waals surface area contributed by atoms with Gasteiger partial charge < -0.3 is 0 Å². The van der Waals surface area contributed by atoms with Crippen molar-refractivity contribution in [1.82, 2.24) is 0 Å². The average molecular weight is 266 g/mol. The molecule has 0 spiro atoms. The molecule has 98 valence electrons. The van der Waals surface area contributed by atoms with Crippen LogP contribution < -0.4 is 0 Å². The molecule has 2 aromatic carbocycles. The summed E-state index contributed by atoms with van der Waals surface area (Å²) in [4.78, 5) is 0. The lowest BCUT2D eigenvalue weighted by Gasteiger charge is -2.05. The van der Waals surface area contributed by atoms with Crippen LogP contribution in [0, 0.1) is 5.82 Å². The van der Waals surface area contributed by atoms with Crippen LogP contribution in [0.5, 0.6) is 0 Å². The summed E-state index contributed by atoms with van der Waals surface area (Å²) in [5.74, 6) is -0.327. The number of rotatable bonds is 2. The topological polar surface area (TPSA) is 0 Å². The van der Waals surface area contributed by atoms with Gasteiger partial charge in [0.05, 0.1) is 5.56 Å². The molecule has 2 aromatic rings. The van der Waals surface area contributed by atoms with Gasteiger partial charge in [-0.1, -0.05) is 36.4 Å². The van der Waals surface area contributed by atoms with E-state index >= 15 is 0 Å². The number of benzene rings is 2. The van der Waals surface area contributed by atoms with E-state index in [0.717, 1.165) is 17.7 Å². The second kappa shape index (κ2) is 5.26. The highest BCUT2D eigenvalue weighted by Gasteiger charge is 2.29. The fraction of sp³-hybridized carbons (Fsp3) is 0.0667. The number of halogens is 4. The van der Waals surface area contributed by atoms with Crippen molar-refractivity contribution in [1.29, 1.82) is 0 Å². The van der Waals surface area contributed by atoms with Crippen molar-refractivity contribution >= 4 is 12.2 Å². The molecule has 0 fully saturated rings. The first-order chi connectivity index (χ1) is 8.95. The van der Waals surface area contributed by atoms with E-state index in [9.17, 15) is 17.6 Å². The predicted octanol–water partition coefficient (Wildman–Crippen LogP) is 5.01. The molecule has 0 radical (unpaired) electrons. The molecule has 0 unspecified atom stereocenters. The van der Waals surface area contributed by atoms with Gasteiger partial charge in [0.25, 0.3) is 0 Å². The average Bonchev–Trinajstić information content (AvgIpc) is 2.37. The molecule has 0 nitrogen and oxygen atoms in total. The first kappa shape index (κ1) is 13.3. The minimum absolute atomic E-state index is 0.327. The van der Waals surface area contributed by atoms with Gasteiger partial charge in [0.15, 0.2) is 0 Å². The van der Waals surface area contributed by atoms with E-state index in [-0.39, 0.29) is 5.82 Å². The fourth-order valence-corrected chi connectivity index (χ4v) is 1.55. The van der Waals surface area contributed by atoms with Gasteiger partial charge in [-0.25, -0.2) is 4.39 Å². The lowest BCUT2D eigenvalue weighted by molar-refractivity contribution is -0.137. The summed E-state index contributed by atoms with van der Waals surface area (Å²) in [6.07, 6.45) is -0.936. The van der Waals surface area contributed by atoms with E-state index < -0.39 is 11.7 Å². The SMILES string of the molecule is Fc1ccc(C=Cc2ccc(C(F)(F)F)cc2)cc1. The monoisotopic (exact) mass is 266 g/mol. The third-order valence-corrected chi connectivity index (χ3v) is 2.58. The Hall–Kier alpha value is -2.10. The molecule has 19 heavy (non-hydrogen) atoms. The minimum Gasteiger partial charge on any atom is -0.207 e. The Kier molecular flexibility index (Phi) is 3.69. The first-order valence-electron chi connectivity index (χ1n) is 5.56. The van der Waals surface area contributed by atoms with Crippen LogP contribution in [-0.4, -0.2) is 0 Å². The van der Waals surface area contributed by atoms with Crippen LogP contribution >= 0.6 is 0 Å². The summed E-state index contributed by atoms with van der Waals surface area (Å²) < 4.78 is 49.7. The summed E-state index contributed by atoms with van der Waals surface area (Å²) in [6, 6.07) is 10.7. The van der Waals surface area contributed by atoms with E-state index in [0.29, 0.717) is 5.56 Å². The van der Waals surface area contributed by atoms with Crippen LogP contribution in [0.4, 0.5) is 17.6 Å². The number of alkyl halides is 3. The molecule has 0 bridgehead atoms. The standard InChI is InChI=1S/C15H10F4/c16-14-9-5-12(6-10-14)2-1-11-3-7-13(8-4-11)15(17,18)19/h1-10H. The Morgan fingerprint density at radius 1 is 0.684 bits per heavy atom. The van der Waals surface area contributed by atoms with Crippen molar-refractivity contribution in [2.24, 2.45) is 0 Å². The van der Waals surface area contributed by atoms with Crippen LogP contribution in [0.1, 0.15) is 16.7 Å². The van der Waals surface area contributed by atoms with E-state index in [2.05, 4.69) is 0 Å². The molecule has 0 aliphatic rings. The van der Waals surface area contributed by atoms with Gasteiger partial charge in [-0.15, -0.1) is 0 Å². The van der Waals surface area contributed by atoms with E-state index in [1.807, 2.05) is 0 Å². The number of hydrogen-bond donors (Lipinski definition) is 0. The third-order valence-electron chi connectivity index (χ3n) is 2.58. The van der Waals surface area contributed by atoms with Crippen molar-refractivity contribution in [2.75, 3.05) is 0 Å². The van der Waals surface area contributed by atoms with Gasteiger partial charge in [0.1, 0.15) is 5.82 Å². The van der Waals surface area contributed by atoms with Gasteiger partial charge in [-0.3, -0.25) is 0 Å². The molecule has 0 aliphatic heterocycles. The Morgan fingerprint density at radius 3 is 1.53 bits per heavy atom. The summed E-state index contributed by atoms with van der Waals surface area (Å²) >= 11 is 0. The van der Waals surface area contributed by atoms with E-state index in [1.165, 1.54) is 24.3 Å². The molecule has 0 saturated heterocycles. The Balaban J connectivity index is 2.13. The lowest BCUT2D eigenvalue weighted by atomic mass is 10.1. The smallest absolute Gasteiger partial charge is 0.207 e. The van der Waals surface area contributed by atoms with Crippen molar-refractivity contribution in [3.63, 3.8) is 0 Å². The van der Waals surface area contributed by atoms with Gasteiger partial charge >= 0.3 is 6.18 Å². The maximum atomic E-state index is 12.7. The highest BCUT2D eigenvalue weighted by atomic mass is 19.4.